The summed E-state index contributed by atoms with van der Waals surface area (Å²) in [7, 11) is 0. The van der Waals surface area contributed by atoms with Gasteiger partial charge in [0.25, 0.3) is 5.91 Å². The van der Waals surface area contributed by atoms with Crippen molar-refractivity contribution in [3.63, 3.8) is 0 Å². The van der Waals surface area contributed by atoms with Gasteiger partial charge >= 0.3 is 6.18 Å². The van der Waals surface area contributed by atoms with Crippen LogP contribution in [0.15, 0.2) is 61.3 Å². The Labute approximate surface area is 214 Å². The highest BCUT2D eigenvalue weighted by Gasteiger charge is 2.31. The van der Waals surface area contributed by atoms with Crippen molar-refractivity contribution in [1.82, 2.24) is 14.5 Å². The molecule has 9 nitrogen and oxygen atoms in total. The lowest BCUT2D eigenvalue weighted by Gasteiger charge is -2.19. The summed E-state index contributed by atoms with van der Waals surface area (Å²) < 4.78 is 42.1. The Kier molecular flexibility index (Phi) is 6.92. The molecule has 0 fully saturated rings. The summed E-state index contributed by atoms with van der Waals surface area (Å²) in [6.45, 7) is 3.51. The lowest BCUT2D eigenvalue weighted by atomic mass is 10.1. The molecular formula is C24H23F3N8OS. The number of hydrazine groups is 1. The Morgan fingerprint density at radius 1 is 1.16 bits per heavy atom. The van der Waals surface area contributed by atoms with Crippen LogP contribution in [0.3, 0.4) is 0 Å². The zero-order valence-electron chi connectivity index (χ0n) is 19.7. The number of aromatic nitrogens is 3. The molecule has 0 aliphatic heterocycles. The number of carbonyl (C=O) groups is 1. The number of nitrogen functional groups attached to an aromatic ring is 1. The van der Waals surface area contributed by atoms with E-state index in [0.29, 0.717) is 27.1 Å². The minimum Gasteiger partial charge on any atom is -0.396 e. The molecule has 0 radical (unpaired) electrons. The van der Waals surface area contributed by atoms with E-state index in [0.717, 1.165) is 17.7 Å². The van der Waals surface area contributed by atoms with Crippen LogP contribution in [-0.2, 0) is 6.18 Å². The van der Waals surface area contributed by atoms with Crippen LogP contribution in [0, 0.1) is 13.8 Å². The van der Waals surface area contributed by atoms with E-state index in [9.17, 15) is 18.0 Å². The third kappa shape index (κ3) is 5.90. The number of nitrogens with one attached hydrogen (secondary N) is 1. The van der Waals surface area contributed by atoms with Crippen molar-refractivity contribution >= 4 is 39.4 Å². The average Bonchev–Trinajstić information content (AvgIpc) is 3.46. The van der Waals surface area contributed by atoms with Crippen molar-refractivity contribution in [1.29, 1.82) is 0 Å². The van der Waals surface area contributed by atoms with Gasteiger partial charge in [-0.1, -0.05) is 17.4 Å². The fraction of sp³-hybridized carbons (Fsp3) is 0.125. The summed E-state index contributed by atoms with van der Waals surface area (Å²) in [6, 6.07) is 8.03. The molecule has 0 aliphatic rings. The Hall–Kier alpha value is -4.36. The number of alkyl halides is 3. The maximum absolute atomic E-state index is 13.6. The lowest BCUT2D eigenvalue weighted by Crippen LogP contribution is -2.27. The number of benzene rings is 2. The average molecular weight is 529 g/mol. The fourth-order valence-electron chi connectivity index (χ4n) is 3.49. The molecule has 13 heteroatoms. The molecule has 2 aromatic heterocycles. The number of nitrogens with two attached hydrogens (primary N) is 3. The molecule has 0 saturated carbocycles. The van der Waals surface area contributed by atoms with Gasteiger partial charge in [0.1, 0.15) is 0 Å². The number of halogens is 3. The van der Waals surface area contributed by atoms with Gasteiger partial charge in [-0.05, 0) is 49.7 Å². The van der Waals surface area contributed by atoms with Crippen LogP contribution in [-0.4, -0.2) is 20.4 Å². The molecule has 0 unspecified atom stereocenters. The van der Waals surface area contributed by atoms with Crippen LogP contribution in [0.5, 0.6) is 0 Å². The molecule has 4 rings (SSSR count). The molecule has 37 heavy (non-hydrogen) atoms. The highest BCUT2D eigenvalue weighted by atomic mass is 32.1. The first-order valence-electron chi connectivity index (χ1n) is 10.8. The number of hydrogen-bond donors (Lipinski definition) is 4. The van der Waals surface area contributed by atoms with E-state index >= 15 is 0 Å². The van der Waals surface area contributed by atoms with Gasteiger partial charge in [0.15, 0.2) is 5.13 Å². The standard InChI is InChI=1S/C24H23F3N8OS/c1-13-3-4-15(5-20(13)35(30)11-19(28)21-9-31-23(29)37-21)22(36)33-17-6-16(24(25,26)27)7-18(8-17)34-10-14(2)32-12-34/h3-12H,28,30H2,1-2H3,(H2,29,31)(H,33,36)/b19-11-. The minimum absolute atomic E-state index is 0.0279. The zero-order valence-corrected chi connectivity index (χ0v) is 20.6. The second-order valence-corrected chi connectivity index (χ2v) is 9.26. The molecule has 0 aliphatic carbocycles. The van der Waals surface area contributed by atoms with Gasteiger partial charge in [0.05, 0.1) is 33.8 Å². The van der Waals surface area contributed by atoms with Gasteiger partial charge in [-0.3, -0.25) is 9.80 Å². The summed E-state index contributed by atoms with van der Waals surface area (Å²) in [6.07, 6.45) is 1.35. The third-order valence-corrected chi connectivity index (χ3v) is 6.22. The molecule has 0 bridgehead atoms. The topological polar surface area (TPSA) is 141 Å². The van der Waals surface area contributed by atoms with Crippen LogP contribution in [0.2, 0.25) is 0 Å². The van der Waals surface area contributed by atoms with Gasteiger partial charge < -0.3 is 21.4 Å². The number of hydrogen-bond acceptors (Lipinski definition) is 8. The first-order valence-corrected chi connectivity index (χ1v) is 11.6. The van der Waals surface area contributed by atoms with E-state index in [1.807, 2.05) is 0 Å². The van der Waals surface area contributed by atoms with Gasteiger partial charge in [-0.15, -0.1) is 0 Å². The summed E-state index contributed by atoms with van der Waals surface area (Å²) in [5, 5.41) is 4.15. The van der Waals surface area contributed by atoms with Gasteiger partial charge in [-0.25, -0.2) is 15.8 Å². The molecule has 1 amide bonds. The first kappa shape index (κ1) is 25.7. The van der Waals surface area contributed by atoms with Crippen molar-refractivity contribution < 1.29 is 18.0 Å². The molecule has 7 N–H and O–H groups in total. The number of rotatable bonds is 6. The van der Waals surface area contributed by atoms with E-state index in [4.69, 9.17) is 17.3 Å². The summed E-state index contributed by atoms with van der Waals surface area (Å²) in [5.74, 6) is 5.56. The van der Waals surface area contributed by atoms with Crippen molar-refractivity contribution in [3.05, 3.63) is 88.6 Å². The van der Waals surface area contributed by atoms with Gasteiger partial charge in [0.2, 0.25) is 0 Å². The van der Waals surface area contributed by atoms with E-state index in [2.05, 4.69) is 15.3 Å². The Morgan fingerprint density at radius 3 is 2.54 bits per heavy atom. The predicted octanol–water partition coefficient (Wildman–Crippen LogP) is 4.44. The largest absolute Gasteiger partial charge is 0.416 e. The van der Waals surface area contributed by atoms with Crippen LogP contribution in [0.25, 0.3) is 11.4 Å². The minimum atomic E-state index is -4.61. The molecule has 4 aromatic rings. The van der Waals surface area contributed by atoms with Gasteiger partial charge in [0, 0.05) is 35.5 Å². The molecule has 0 spiro atoms. The highest BCUT2D eigenvalue weighted by molar-refractivity contribution is 7.16. The van der Waals surface area contributed by atoms with E-state index < -0.39 is 17.6 Å². The maximum atomic E-state index is 13.6. The monoisotopic (exact) mass is 528 g/mol. The lowest BCUT2D eigenvalue weighted by molar-refractivity contribution is -0.137. The van der Waals surface area contributed by atoms with Crippen LogP contribution < -0.4 is 27.6 Å². The quantitative estimate of drug-likeness (QED) is 0.214. The van der Waals surface area contributed by atoms with Gasteiger partial charge in [-0.2, -0.15) is 13.2 Å². The number of thiazole rings is 1. The molecule has 0 saturated heterocycles. The second kappa shape index (κ2) is 9.95. The van der Waals surface area contributed by atoms with Crippen LogP contribution >= 0.6 is 11.3 Å². The molecular weight excluding hydrogens is 505 g/mol. The number of nitrogens with zero attached hydrogens (tertiary/aromatic N) is 4. The van der Waals surface area contributed by atoms with Crippen LogP contribution in [0.1, 0.15) is 32.1 Å². The third-order valence-electron chi connectivity index (χ3n) is 5.35. The predicted molar refractivity (Wildman–Crippen MR) is 138 cm³/mol. The summed E-state index contributed by atoms with van der Waals surface area (Å²) in [4.78, 5) is 21.6. The Balaban J connectivity index is 1.62. The normalized spacial score (nSPS) is 12.0. The first-order chi connectivity index (χ1) is 17.4. The fourth-order valence-corrected chi connectivity index (χ4v) is 4.10. The van der Waals surface area contributed by atoms with E-state index in [1.54, 1.807) is 32.2 Å². The summed E-state index contributed by atoms with van der Waals surface area (Å²) >= 11 is 1.19. The van der Waals surface area contributed by atoms with Crippen molar-refractivity contribution in [2.24, 2.45) is 11.6 Å². The number of imidazole rings is 1. The second-order valence-electron chi connectivity index (χ2n) is 8.20. The number of amides is 1. The smallest absolute Gasteiger partial charge is 0.396 e. The number of carbonyl (C=O) groups excluding carboxylic acids is 1. The Morgan fingerprint density at radius 2 is 1.92 bits per heavy atom. The summed E-state index contributed by atoms with van der Waals surface area (Å²) in [5.41, 5.74) is 13.3. The van der Waals surface area contributed by atoms with Crippen molar-refractivity contribution in [3.8, 4) is 5.69 Å². The number of anilines is 3. The van der Waals surface area contributed by atoms with Crippen molar-refractivity contribution in [2.75, 3.05) is 16.1 Å². The molecule has 2 aromatic carbocycles. The SMILES string of the molecule is Cc1cn(-c2cc(NC(=O)c3ccc(C)c(N(N)/C=C(\N)c4cnc(N)s4)c3)cc(C(F)(F)F)c2)cn1. The molecule has 192 valence electrons. The van der Waals surface area contributed by atoms with E-state index in [-0.39, 0.29) is 16.9 Å². The zero-order chi connectivity index (χ0) is 26.9. The molecule has 2 heterocycles. The molecule has 0 atom stereocenters. The Bertz CT molecular complexity index is 1490. The van der Waals surface area contributed by atoms with Crippen LogP contribution in [0.4, 0.5) is 29.7 Å². The highest BCUT2D eigenvalue weighted by Crippen LogP contribution is 2.33. The van der Waals surface area contributed by atoms with E-state index in [1.165, 1.54) is 51.8 Å². The van der Waals surface area contributed by atoms with Crippen molar-refractivity contribution in [2.45, 2.75) is 20.0 Å². The number of aryl methyl sites for hydroxylation is 2. The maximum Gasteiger partial charge on any atom is 0.416 e.